The van der Waals surface area contributed by atoms with Gasteiger partial charge in [-0.2, -0.15) is 0 Å². The molecule has 5 aromatic heterocycles. The van der Waals surface area contributed by atoms with Crippen molar-refractivity contribution in [3.63, 3.8) is 0 Å². The SMILES string of the molecule is CN[C@@H](c1ccccc1)c1ccc(Nc2ncnc3cc(C)c(C)cc23)cc1.CN[C@H](c1ccccc1)c1ccc(Nc2ncnc3cc(C)c(C)cc23)cc1.Cc1cc2ncnc(Nc3ccc([C@@H](N)c4ccccc4)cc3)c2cc1C.Cc1cc2ncnc(Nc3ccc([C@H](N)c4ccccc4)cc3)c2cc1C.Cc1cc2ncnc(Nc3ccc([C@H](O)c4ccccc4)cc3)c2cc1C. The van der Waals surface area contributed by atoms with Gasteiger partial charge in [-0.05, 0) is 316 Å². The van der Waals surface area contributed by atoms with Crippen LogP contribution in [0.5, 0.6) is 0 Å². The van der Waals surface area contributed by atoms with Crippen molar-refractivity contribution in [2.75, 3.05) is 40.7 Å². The monoisotopic (exact) mass is 1800 g/mol. The number of aromatic nitrogens is 10. The van der Waals surface area contributed by atoms with E-state index in [9.17, 15) is 5.11 Å². The summed E-state index contributed by atoms with van der Waals surface area (Å²) in [4.78, 5) is 44.2. The largest absolute Gasteiger partial charge is 0.384 e. The highest BCUT2D eigenvalue weighted by atomic mass is 16.3. The number of fused-ring (bicyclic) bond motifs is 5. The van der Waals surface area contributed by atoms with Crippen molar-refractivity contribution < 1.29 is 5.11 Å². The van der Waals surface area contributed by atoms with Gasteiger partial charge < -0.3 is 53.8 Å². The zero-order valence-electron chi connectivity index (χ0n) is 79.1. The van der Waals surface area contributed by atoms with Crippen LogP contribution in [0.25, 0.3) is 54.5 Å². The van der Waals surface area contributed by atoms with Gasteiger partial charge >= 0.3 is 0 Å². The molecule has 5 atom stereocenters. The Morgan fingerprint density at radius 2 is 0.372 bits per heavy atom. The third-order valence-electron chi connectivity index (χ3n) is 25.1. The van der Waals surface area contributed by atoms with Gasteiger partial charge in [0.25, 0.3) is 0 Å². The van der Waals surface area contributed by atoms with Crippen molar-refractivity contribution in [3.05, 3.63) is 477 Å². The molecule has 0 saturated heterocycles. The van der Waals surface area contributed by atoms with E-state index in [1.165, 1.54) is 77.9 Å². The molecular formula is C117H113N19O. The zero-order chi connectivity index (χ0) is 95.4. The molecule has 5 heterocycles. The van der Waals surface area contributed by atoms with Crippen LogP contribution in [0.4, 0.5) is 57.5 Å². The fourth-order valence-electron chi connectivity index (χ4n) is 16.5. The van der Waals surface area contributed by atoms with E-state index in [-0.39, 0.29) is 24.2 Å². The average Bonchev–Trinajstić information content (AvgIpc) is 0.814. The Morgan fingerprint density at radius 3 is 0.591 bits per heavy atom. The molecule has 0 unspecified atom stereocenters. The molecular weight excluding hydrogens is 1690 g/mol. The Kier molecular flexibility index (Phi) is 30.3. The minimum Gasteiger partial charge on any atom is -0.384 e. The number of nitrogens with two attached hydrogens (primary N) is 2. The first-order chi connectivity index (χ1) is 66.6. The number of aliphatic hydroxyl groups is 1. The summed E-state index contributed by atoms with van der Waals surface area (Å²) in [5, 5.41) is 39.5. The fourth-order valence-corrected chi connectivity index (χ4v) is 16.5. The minimum atomic E-state index is -0.634. The molecule has 137 heavy (non-hydrogen) atoms. The van der Waals surface area contributed by atoms with E-state index in [0.29, 0.717) is 0 Å². The lowest BCUT2D eigenvalue weighted by atomic mass is 9.99. The van der Waals surface area contributed by atoms with Crippen LogP contribution in [-0.2, 0) is 0 Å². The molecule has 0 aliphatic rings. The summed E-state index contributed by atoms with van der Waals surface area (Å²) in [6, 6.07) is 113. The van der Waals surface area contributed by atoms with Crippen LogP contribution in [0.2, 0.25) is 0 Å². The first-order valence-electron chi connectivity index (χ1n) is 45.9. The van der Waals surface area contributed by atoms with Gasteiger partial charge in [0.15, 0.2) is 0 Å². The van der Waals surface area contributed by atoms with Crippen LogP contribution < -0.4 is 48.7 Å². The average molecular weight is 1800 g/mol. The van der Waals surface area contributed by atoms with Gasteiger partial charge in [0.2, 0.25) is 0 Å². The molecule has 20 nitrogen and oxygen atoms in total. The summed E-state index contributed by atoms with van der Waals surface area (Å²) in [6.07, 6.45) is 7.36. The van der Waals surface area contributed by atoms with Gasteiger partial charge in [0.05, 0.1) is 51.8 Å². The molecule has 20 rings (SSSR count). The molecule has 20 heteroatoms. The Morgan fingerprint density at radius 1 is 0.204 bits per heavy atom. The van der Waals surface area contributed by atoms with Crippen molar-refractivity contribution in [2.45, 2.75) is 99.5 Å². The van der Waals surface area contributed by atoms with E-state index < -0.39 is 6.10 Å². The highest BCUT2D eigenvalue weighted by Gasteiger charge is 2.20. The second-order valence-corrected chi connectivity index (χ2v) is 34.5. The number of benzene rings is 15. The fraction of sp³-hybridized carbons (Fsp3) is 0.145. The topological polar surface area (TPSA) is 285 Å². The molecule has 0 fully saturated rings. The Labute approximate surface area is 800 Å². The molecule has 12 N–H and O–H groups in total. The quantitative estimate of drug-likeness (QED) is 0.0302. The summed E-state index contributed by atoms with van der Waals surface area (Å²) in [5.74, 6) is 4.05. The van der Waals surface area contributed by atoms with Crippen molar-refractivity contribution in [1.82, 2.24) is 60.5 Å². The summed E-state index contributed by atoms with van der Waals surface area (Å²) in [7, 11) is 3.97. The van der Waals surface area contributed by atoms with E-state index in [1.54, 1.807) is 31.6 Å². The molecule has 0 amide bonds. The molecule has 20 aromatic rings. The highest BCUT2D eigenvalue weighted by Crippen LogP contribution is 2.36. The van der Waals surface area contributed by atoms with E-state index in [4.69, 9.17) is 11.5 Å². The number of hydrogen-bond donors (Lipinski definition) is 10. The van der Waals surface area contributed by atoms with Crippen LogP contribution >= 0.6 is 0 Å². The lowest BCUT2D eigenvalue weighted by molar-refractivity contribution is 0.220. The Bertz CT molecular complexity index is 6880. The summed E-state index contributed by atoms with van der Waals surface area (Å²) in [5.41, 5.74) is 45.7. The predicted octanol–water partition coefficient (Wildman–Crippen LogP) is 25.7. The lowest BCUT2D eigenvalue weighted by Crippen LogP contribution is -2.17. The van der Waals surface area contributed by atoms with Gasteiger partial charge in [-0.3, -0.25) is 0 Å². The first kappa shape index (κ1) is 94.0. The number of aryl methyl sites for hydroxylation is 10. The zero-order valence-corrected chi connectivity index (χ0v) is 79.1. The number of hydrogen-bond acceptors (Lipinski definition) is 20. The first-order valence-corrected chi connectivity index (χ1v) is 45.9. The number of nitrogens with one attached hydrogen (secondary N) is 7. The van der Waals surface area contributed by atoms with Crippen molar-refractivity contribution >= 4 is 112 Å². The van der Waals surface area contributed by atoms with Gasteiger partial charge in [-0.25, -0.2) is 49.8 Å². The second-order valence-electron chi connectivity index (χ2n) is 34.5. The van der Waals surface area contributed by atoms with Crippen LogP contribution in [0, 0.1) is 69.2 Å². The smallest absolute Gasteiger partial charge is 0.141 e. The van der Waals surface area contributed by atoms with Gasteiger partial charge in [0, 0.05) is 55.4 Å². The molecule has 15 aromatic carbocycles. The third-order valence-corrected chi connectivity index (χ3v) is 25.1. The molecule has 0 spiro atoms. The summed E-state index contributed by atoms with van der Waals surface area (Å²) < 4.78 is 0. The number of aliphatic hydroxyl groups excluding tert-OH is 1. The highest BCUT2D eigenvalue weighted by molar-refractivity contribution is 5.96. The Balaban J connectivity index is 0.000000124. The summed E-state index contributed by atoms with van der Waals surface area (Å²) in [6.45, 7) is 21.0. The normalized spacial score (nSPS) is 12.1. The Hall–Kier alpha value is -16.2. The van der Waals surface area contributed by atoms with Crippen LogP contribution in [0.3, 0.4) is 0 Å². The van der Waals surface area contributed by atoms with Gasteiger partial charge in [-0.15, -0.1) is 0 Å². The maximum atomic E-state index is 10.5. The molecule has 0 radical (unpaired) electrons. The van der Waals surface area contributed by atoms with E-state index >= 15 is 0 Å². The van der Waals surface area contributed by atoms with E-state index in [0.717, 1.165) is 145 Å². The second kappa shape index (κ2) is 44.1. The molecule has 682 valence electrons. The van der Waals surface area contributed by atoms with Crippen LogP contribution in [-0.4, -0.2) is 69.0 Å². The van der Waals surface area contributed by atoms with Gasteiger partial charge in [0.1, 0.15) is 66.8 Å². The van der Waals surface area contributed by atoms with Crippen molar-refractivity contribution in [1.29, 1.82) is 0 Å². The standard InChI is InChI=1S/2C24H24N4.2C23H22N4.C23H21N3O/c2*1-16-13-21-22(14-17(16)2)26-15-27-24(21)28-20-11-9-19(10-12-20)23(25-3)18-7-5-4-6-8-18;2*1-15-12-20-21(13-16(15)2)25-14-26-23(20)27-19-10-8-18(9-11-19)22(24)17-6-4-3-5-7-17;1-15-12-20-21(13-16(15)2)24-14-25-23(20)26-19-10-8-18(9-11-19)22(27)17-6-4-3-5-7-17/h2*4-15,23,25H,1-3H3,(H,26,27,28);2*3-14,22H,24H2,1-2H3,(H,25,26,27);3-14,22,27H,1-2H3,(H,24,25,26)/t2*23-;3*22-/m10101/s1. The number of nitrogens with zero attached hydrogens (tertiary/aromatic N) is 10. The van der Waals surface area contributed by atoms with E-state index in [2.05, 4.69) is 338 Å². The number of rotatable bonds is 22. The molecule has 0 saturated carbocycles. The minimum absolute atomic E-state index is 0.134. The van der Waals surface area contributed by atoms with Gasteiger partial charge in [-0.1, -0.05) is 212 Å². The van der Waals surface area contributed by atoms with E-state index in [1.807, 2.05) is 166 Å². The number of anilines is 10. The molecule has 0 aliphatic heterocycles. The van der Waals surface area contributed by atoms with Crippen LogP contribution in [0.1, 0.15) is 142 Å². The van der Waals surface area contributed by atoms with Crippen molar-refractivity contribution in [2.24, 2.45) is 11.5 Å². The molecule has 0 bridgehead atoms. The summed E-state index contributed by atoms with van der Waals surface area (Å²) >= 11 is 0. The maximum absolute atomic E-state index is 10.5. The maximum Gasteiger partial charge on any atom is 0.141 e. The van der Waals surface area contributed by atoms with Crippen LogP contribution in [0.15, 0.2) is 365 Å². The lowest BCUT2D eigenvalue weighted by Gasteiger charge is -2.18. The predicted molar refractivity (Wildman–Crippen MR) is 564 cm³/mol. The third kappa shape index (κ3) is 23.2. The van der Waals surface area contributed by atoms with Crippen molar-refractivity contribution in [3.8, 4) is 0 Å². The molecule has 0 aliphatic carbocycles.